The molecule has 7 nitrogen and oxygen atoms in total. The van der Waals surface area contributed by atoms with E-state index in [1.165, 1.54) is 0 Å². The first-order valence-electron chi connectivity index (χ1n) is 5.20. The largest absolute Gasteiger partial charge is 0.307 e. The van der Waals surface area contributed by atoms with Crippen LogP contribution in [0.5, 0.6) is 0 Å². The Morgan fingerprint density at radius 2 is 2.18 bits per heavy atom. The molecule has 0 fully saturated rings. The number of anilines is 2. The van der Waals surface area contributed by atoms with Crippen molar-refractivity contribution in [2.24, 2.45) is 0 Å². The highest BCUT2D eigenvalue weighted by Gasteiger charge is 2.07. The van der Waals surface area contributed by atoms with Gasteiger partial charge < -0.3 is 5.32 Å². The zero-order valence-corrected chi connectivity index (χ0v) is 9.47. The van der Waals surface area contributed by atoms with E-state index < -0.39 is 0 Å². The molecule has 0 spiro atoms. The minimum Gasteiger partial charge on any atom is -0.307 e. The summed E-state index contributed by atoms with van der Waals surface area (Å²) in [5, 5.41) is 14.2. The number of aryl methyl sites for hydroxylation is 2. The fourth-order valence-corrected chi connectivity index (χ4v) is 1.61. The summed E-state index contributed by atoms with van der Waals surface area (Å²) in [7, 11) is 0. The topological polar surface area (TPSA) is 83.8 Å². The van der Waals surface area contributed by atoms with Crippen LogP contribution in [-0.4, -0.2) is 29.8 Å². The number of nitrogens with zero attached hydrogens (tertiary/aromatic N) is 5. The van der Waals surface area contributed by atoms with Crippen molar-refractivity contribution in [3.8, 4) is 0 Å². The Morgan fingerprint density at radius 3 is 2.94 bits per heavy atom. The third-order valence-electron chi connectivity index (χ3n) is 2.31. The van der Waals surface area contributed by atoms with Gasteiger partial charge in [0.1, 0.15) is 5.82 Å². The van der Waals surface area contributed by atoms with Crippen molar-refractivity contribution in [3.05, 3.63) is 29.8 Å². The van der Waals surface area contributed by atoms with Gasteiger partial charge in [0.2, 0.25) is 5.95 Å². The van der Waals surface area contributed by atoms with E-state index in [4.69, 9.17) is 0 Å². The number of rotatable bonds is 2. The third kappa shape index (κ3) is 1.71. The molecule has 0 bridgehead atoms. The maximum Gasteiger partial charge on any atom is 0.233 e. The van der Waals surface area contributed by atoms with Crippen LogP contribution in [0.2, 0.25) is 0 Å². The van der Waals surface area contributed by atoms with E-state index in [0.29, 0.717) is 17.6 Å². The Bertz CT molecular complexity index is 666. The van der Waals surface area contributed by atoms with Gasteiger partial charge in [-0.3, -0.25) is 5.10 Å². The second kappa shape index (κ2) is 3.55. The first-order chi connectivity index (χ1) is 8.22. The molecule has 0 amide bonds. The van der Waals surface area contributed by atoms with Crippen LogP contribution < -0.4 is 5.32 Å². The molecular formula is C10H11N7. The normalized spacial score (nSPS) is 10.9. The van der Waals surface area contributed by atoms with Crippen LogP contribution in [0.15, 0.2) is 18.3 Å². The van der Waals surface area contributed by atoms with Gasteiger partial charge in [-0.15, -0.1) is 0 Å². The van der Waals surface area contributed by atoms with Gasteiger partial charge in [0.05, 0.1) is 6.20 Å². The van der Waals surface area contributed by atoms with Gasteiger partial charge in [-0.1, -0.05) is 0 Å². The Labute approximate surface area is 96.9 Å². The molecule has 7 heteroatoms. The summed E-state index contributed by atoms with van der Waals surface area (Å²) in [4.78, 5) is 8.57. The second-order valence-corrected chi connectivity index (χ2v) is 3.76. The third-order valence-corrected chi connectivity index (χ3v) is 2.31. The zero-order valence-electron chi connectivity index (χ0n) is 9.47. The van der Waals surface area contributed by atoms with Crippen LogP contribution in [0.25, 0.3) is 5.65 Å². The lowest BCUT2D eigenvalue weighted by Gasteiger charge is -2.04. The number of aromatic amines is 1. The average molecular weight is 229 g/mol. The Balaban J connectivity index is 2.07. The van der Waals surface area contributed by atoms with Gasteiger partial charge in [-0.05, 0) is 13.8 Å². The smallest absolute Gasteiger partial charge is 0.233 e. The minimum absolute atomic E-state index is 0.601. The number of hydrogen-bond acceptors (Lipinski definition) is 5. The maximum atomic E-state index is 4.30. The monoisotopic (exact) mass is 229 g/mol. The second-order valence-electron chi connectivity index (χ2n) is 3.76. The summed E-state index contributed by atoms with van der Waals surface area (Å²) < 4.78 is 1.64. The van der Waals surface area contributed by atoms with Gasteiger partial charge in [0.25, 0.3) is 0 Å². The van der Waals surface area contributed by atoms with Gasteiger partial charge in [-0.25, -0.2) is 4.98 Å². The van der Waals surface area contributed by atoms with Crippen LogP contribution in [0, 0.1) is 13.8 Å². The number of nitrogens with one attached hydrogen (secondary N) is 2. The molecule has 0 aliphatic heterocycles. The number of hydrogen-bond donors (Lipinski definition) is 2. The zero-order chi connectivity index (χ0) is 11.8. The molecule has 0 radical (unpaired) electrons. The molecule has 3 aromatic rings. The molecule has 17 heavy (non-hydrogen) atoms. The molecular weight excluding hydrogens is 218 g/mol. The molecule has 0 aromatic carbocycles. The van der Waals surface area contributed by atoms with Crippen LogP contribution in [0.1, 0.15) is 11.5 Å². The van der Waals surface area contributed by atoms with Crippen molar-refractivity contribution in [2.45, 2.75) is 13.8 Å². The summed E-state index contributed by atoms with van der Waals surface area (Å²) in [6.07, 6.45) is 1.68. The van der Waals surface area contributed by atoms with Crippen molar-refractivity contribution in [3.63, 3.8) is 0 Å². The number of fused-ring (bicyclic) bond motifs is 1. The summed E-state index contributed by atoms with van der Waals surface area (Å²) in [6, 6.07) is 3.72. The van der Waals surface area contributed by atoms with E-state index in [1.807, 2.05) is 26.0 Å². The summed E-state index contributed by atoms with van der Waals surface area (Å²) in [5.74, 6) is 1.99. The first-order valence-corrected chi connectivity index (χ1v) is 5.20. The van der Waals surface area contributed by atoms with Crippen LogP contribution >= 0.6 is 0 Å². The quantitative estimate of drug-likeness (QED) is 0.690. The fourth-order valence-electron chi connectivity index (χ4n) is 1.61. The van der Waals surface area contributed by atoms with Crippen LogP contribution in [0.4, 0.5) is 11.8 Å². The molecule has 2 N–H and O–H groups in total. The summed E-state index contributed by atoms with van der Waals surface area (Å²) >= 11 is 0. The lowest BCUT2D eigenvalue weighted by atomic mass is 10.5. The number of aromatic nitrogens is 6. The molecule has 3 rings (SSSR count). The fraction of sp³-hybridized carbons (Fsp3) is 0.200. The van der Waals surface area contributed by atoms with Crippen molar-refractivity contribution >= 4 is 17.4 Å². The predicted octanol–water partition coefficient (Wildman–Crippen LogP) is 1.21. The molecule has 3 aromatic heterocycles. The molecule has 0 saturated heterocycles. The van der Waals surface area contributed by atoms with E-state index >= 15 is 0 Å². The highest BCUT2D eigenvalue weighted by Crippen LogP contribution is 2.13. The summed E-state index contributed by atoms with van der Waals surface area (Å²) in [6.45, 7) is 3.78. The van der Waals surface area contributed by atoms with Gasteiger partial charge in [0, 0.05) is 17.8 Å². The Hall–Kier alpha value is -2.44. The number of H-pyrrole nitrogens is 1. The first kappa shape index (κ1) is 9.76. The van der Waals surface area contributed by atoms with Gasteiger partial charge >= 0.3 is 0 Å². The molecule has 0 aliphatic carbocycles. The standard InChI is InChI=1S/C10H11N7/c1-6-5-8(16-15-6)14-10-13-7(2)12-9-3-4-11-17(9)10/h3-5H,1-2H3,(H2,12,13,14,15,16). The van der Waals surface area contributed by atoms with Gasteiger partial charge in [0.15, 0.2) is 11.5 Å². The van der Waals surface area contributed by atoms with Crippen LogP contribution in [0.3, 0.4) is 0 Å². The van der Waals surface area contributed by atoms with E-state index in [2.05, 4.69) is 30.6 Å². The molecule has 0 aliphatic rings. The summed E-state index contributed by atoms with van der Waals surface area (Å²) in [5.41, 5.74) is 1.74. The minimum atomic E-state index is 0.601. The predicted molar refractivity (Wildman–Crippen MR) is 62.1 cm³/mol. The van der Waals surface area contributed by atoms with Crippen molar-refractivity contribution in [1.29, 1.82) is 0 Å². The van der Waals surface area contributed by atoms with Gasteiger partial charge in [-0.2, -0.15) is 19.7 Å². The van der Waals surface area contributed by atoms with E-state index in [-0.39, 0.29) is 0 Å². The molecule has 86 valence electrons. The Kier molecular flexibility index (Phi) is 2.04. The van der Waals surface area contributed by atoms with E-state index in [0.717, 1.165) is 11.3 Å². The highest BCUT2D eigenvalue weighted by molar-refractivity contribution is 5.52. The lowest BCUT2D eigenvalue weighted by Crippen LogP contribution is -2.06. The van der Waals surface area contributed by atoms with Crippen LogP contribution in [-0.2, 0) is 0 Å². The maximum absolute atomic E-state index is 4.30. The van der Waals surface area contributed by atoms with Crippen molar-refractivity contribution in [1.82, 2.24) is 29.8 Å². The SMILES string of the molecule is Cc1nc(Nc2cc(C)[nH]n2)n2nccc2n1. The van der Waals surface area contributed by atoms with Crippen molar-refractivity contribution < 1.29 is 0 Å². The Morgan fingerprint density at radius 1 is 1.29 bits per heavy atom. The highest BCUT2D eigenvalue weighted by atomic mass is 15.4. The lowest BCUT2D eigenvalue weighted by molar-refractivity contribution is 0.879. The average Bonchev–Trinajstić information content (AvgIpc) is 2.87. The van der Waals surface area contributed by atoms with E-state index in [1.54, 1.807) is 10.7 Å². The molecule has 3 heterocycles. The van der Waals surface area contributed by atoms with Crippen molar-refractivity contribution in [2.75, 3.05) is 5.32 Å². The molecule has 0 atom stereocenters. The molecule has 0 saturated carbocycles. The van der Waals surface area contributed by atoms with E-state index in [9.17, 15) is 0 Å². The molecule has 0 unspecified atom stereocenters.